The zero-order chi connectivity index (χ0) is 13.7. The molecule has 0 aromatic heterocycles. The van der Waals surface area contributed by atoms with Gasteiger partial charge < -0.3 is 31.1 Å². The fourth-order valence-corrected chi connectivity index (χ4v) is 1.64. The van der Waals surface area contributed by atoms with Gasteiger partial charge in [-0.1, -0.05) is 5.11 Å². The Hall–Kier alpha value is -1.42. The first kappa shape index (κ1) is 14.6. The summed E-state index contributed by atoms with van der Waals surface area (Å²) in [6.07, 6.45) is -4.86. The standard InChI is InChI=1S/C8H15N5O5/c9-8-5(12-4(15)1-11-13-10)7(17)6(16)3(2-14)18-8/h3,5-8,14,16-17H,1-2,9H2,(H,12,15)/t3-,5+,6-,7-,8?/m1/s1. The van der Waals surface area contributed by atoms with E-state index < -0.39 is 49.6 Å². The van der Waals surface area contributed by atoms with Crippen molar-refractivity contribution in [2.24, 2.45) is 10.8 Å². The van der Waals surface area contributed by atoms with Gasteiger partial charge in [-0.05, 0) is 5.53 Å². The largest absolute Gasteiger partial charge is 0.394 e. The van der Waals surface area contributed by atoms with Gasteiger partial charge in [0.25, 0.3) is 0 Å². The number of carbonyl (C=O) groups excluding carboxylic acids is 1. The predicted molar refractivity (Wildman–Crippen MR) is 57.9 cm³/mol. The van der Waals surface area contributed by atoms with Crippen molar-refractivity contribution in [3.8, 4) is 0 Å². The third kappa shape index (κ3) is 3.29. The molecule has 0 saturated carbocycles. The molecule has 5 atom stereocenters. The summed E-state index contributed by atoms with van der Waals surface area (Å²) < 4.78 is 5.04. The molecule has 6 N–H and O–H groups in total. The number of hydrogen-bond acceptors (Lipinski definition) is 7. The highest BCUT2D eigenvalue weighted by Gasteiger charge is 2.43. The molecular formula is C8H15N5O5. The van der Waals surface area contributed by atoms with Gasteiger partial charge in [0, 0.05) is 4.91 Å². The van der Waals surface area contributed by atoms with Gasteiger partial charge in [0.15, 0.2) is 0 Å². The van der Waals surface area contributed by atoms with E-state index in [-0.39, 0.29) is 0 Å². The molecule has 1 unspecified atom stereocenters. The van der Waals surface area contributed by atoms with Gasteiger partial charge in [-0.3, -0.25) is 4.79 Å². The number of nitrogens with two attached hydrogens (primary N) is 1. The normalized spacial score (nSPS) is 35.7. The number of amides is 1. The van der Waals surface area contributed by atoms with E-state index in [1.54, 1.807) is 0 Å². The quantitative estimate of drug-likeness (QED) is 0.207. The van der Waals surface area contributed by atoms with E-state index in [0.29, 0.717) is 0 Å². The van der Waals surface area contributed by atoms with Crippen molar-refractivity contribution in [3.63, 3.8) is 0 Å². The first-order valence-corrected chi connectivity index (χ1v) is 5.19. The van der Waals surface area contributed by atoms with Crippen LogP contribution < -0.4 is 11.1 Å². The van der Waals surface area contributed by atoms with Crippen molar-refractivity contribution in [2.45, 2.75) is 30.6 Å². The maximum absolute atomic E-state index is 11.3. The van der Waals surface area contributed by atoms with E-state index in [1.165, 1.54) is 0 Å². The molecule has 10 nitrogen and oxygen atoms in total. The van der Waals surface area contributed by atoms with Crippen LogP contribution in [0.3, 0.4) is 0 Å². The molecule has 10 heteroatoms. The molecule has 1 rings (SSSR count). The summed E-state index contributed by atoms with van der Waals surface area (Å²) in [6, 6.07) is -1.05. The topological polar surface area (TPSA) is 174 Å². The molecule has 102 valence electrons. The van der Waals surface area contributed by atoms with Crippen molar-refractivity contribution < 1.29 is 24.9 Å². The third-order valence-electron chi connectivity index (χ3n) is 2.57. The minimum absolute atomic E-state index is 0.452. The number of carbonyl (C=O) groups is 1. The number of aliphatic hydroxyl groups excluding tert-OH is 3. The van der Waals surface area contributed by atoms with Crippen molar-refractivity contribution in [2.75, 3.05) is 13.2 Å². The number of ether oxygens (including phenoxy) is 1. The molecule has 1 amide bonds. The van der Waals surface area contributed by atoms with Crippen LogP contribution in [0.1, 0.15) is 0 Å². The van der Waals surface area contributed by atoms with Gasteiger partial charge in [0.05, 0.1) is 12.6 Å². The molecule has 0 aromatic carbocycles. The molecule has 0 bridgehead atoms. The molecular weight excluding hydrogens is 246 g/mol. The van der Waals surface area contributed by atoms with E-state index in [0.717, 1.165) is 0 Å². The lowest BCUT2D eigenvalue weighted by Crippen LogP contribution is -2.66. The number of hydrogen-bond donors (Lipinski definition) is 5. The fourth-order valence-electron chi connectivity index (χ4n) is 1.64. The number of rotatable bonds is 4. The van der Waals surface area contributed by atoms with Crippen LogP contribution in [0.4, 0.5) is 0 Å². The molecule has 1 aliphatic rings. The van der Waals surface area contributed by atoms with Crippen LogP contribution in [-0.2, 0) is 9.53 Å². The smallest absolute Gasteiger partial charge is 0.226 e. The number of azide groups is 1. The number of nitrogens with zero attached hydrogens (tertiary/aromatic N) is 3. The molecule has 1 saturated heterocycles. The summed E-state index contributed by atoms with van der Waals surface area (Å²) in [6.45, 7) is -0.961. The zero-order valence-electron chi connectivity index (χ0n) is 9.38. The van der Waals surface area contributed by atoms with Gasteiger partial charge in [-0.2, -0.15) is 0 Å². The Kier molecular flexibility index (Phi) is 5.28. The second-order valence-electron chi connectivity index (χ2n) is 3.79. The van der Waals surface area contributed by atoms with Gasteiger partial charge >= 0.3 is 0 Å². The van der Waals surface area contributed by atoms with E-state index in [9.17, 15) is 15.0 Å². The molecule has 1 heterocycles. The Balaban J connectivity index is 2.64. The summed E-state index contributed by atoms with van der Waals surface area (Å²) in [5, 5.41) is 33.5. The van der Waals surface area contributed by atoms with Gasteiger partial charge in [-0.25, -0.2) is 0 Å². The molecule has 1 aliphatic heterocycles. The minimum Gasteiger partial charge on any atom is -0.394 e. The Labute approximate surface area is 102 Å². The third-order valence-corrected chi connectivity index (χ3v) is 2.57. The summed E-state index contributed by atoms with van der Waals surface area (Å²) in [5.74, 6) is -0.662. The van der Waals surface area contributed by atoms with Crippen molar-refractivity contribution in [3.05, 3.63) is 10.4 Å². The molecule has 0 radical (unpaired) electrons. The maximum atomic E-state index is 11.3. The molecule has 0 spiro atoms. The monoisotopic (exact) mass is 261 g/mol. The molecule has 18 heavy (non-hydrogen) atoms. The molecule has 1 fully saturated rings. The van der Waals surface area contributed by atoms with E-state index in [2.05, 4.69) is 15.3 Å². The highest BCUT2D eigenvalue weighted by Crippen LogP contribution is 2.18. The average Bonchev–Trinajstić information content (AvgIpc) is 2.36. The van der Waals surface area contributed by atoms with Crippen LogP contribution in [0.15, 0.2) is 5.11 Å². The molecule has 0 aromatic rings. The summed E-state index contributed by atoms with van der Waals surface area (Å²) in [7, 11) is 0. The Morgan fingerprint density at radius 1 is 1.50 bits per heavy atom. The average molecular weight is 261 g/mol. The summed E-state index contributed by atoms with van der Waals surface area (Å²) in [5.41, 5.74) is 13.6. The Bertz CT molecular complexity index is 347. The molecule has 0 aliphatic carbocycles. The number of aliphatic hydroxyl groups is 3. The second kappa shape index (κ2) is 6.50. The first-order chi connectivity index (χ1) is 8.51. The van der Waals surface area contributed by atoms with Crippen molar-refractivity contribution in [1.82, 2.24) is 5.32 Å². The van der Waals surface area contributed by atoms with Crippen molar-refractivity contribution >= 4 is 5.91 Å². The Morgan fingerprint density at radius 3 is 2.72 bits per heavy atom. The second-order valence-corrected chi connectivity index (χ2v) is 3.79. The maximum Gasteiger partial charge on any atom is 0.226 e. The highest BCUT2D eigenvalue weighted by atomic mass is 16.5. The Morgan fingerprint density at radius 2 is 2.17 bits per heavy atom. The van der Waals surface area contributed by atoms with E-state index in [1.807, 2.05) is 0 Å². The lowest BCUT2D eigenvalue weighted by Gasteiger charge is -2.41. The fraction of sp³-hybridized carbons (Fsp3) is 0.875. The van der Waals surface area contributed by atoms with Gasteiger partial charge in [0.1, 0.15) is 31.1 Å². The van der Waals surface area contributed by atoms with Gasteiger partial charge in [0.2, 0.25) is 5.91 Å². The van der Waals surface area contributed by atoms with E-state index >= 15 is 0 Å². The SMILES string of the molecule is [N-]=[N+]=NCC(=O)N[C@@H]1C(N)O[C@H](CO)[C@@H](O)[C@@H]1O. The minimum atomic E-state index is -1.39. The summed E-state index contributed by atoms with van der Waals surface area (Å²) in [4.78, 5) is 13.7. The lowest BCUT2D eigenvalue weighted by atomic mass is 9.96. The first-order valence-electron chi connectivity index (χ1n) is 5.19. The van der Waals surface area contributed by atoms with Crippen LogP contribution in [0.2, 0.25) is 0 Å². The van der Waals surface area contributed by atoms with Crippen LogP contribution >= 0.6 is 0 Å². The highest BCUT2D eigenvalue weighted by molar-refractivity contribution is 5.78. The van der Waals surface area contributed by atoms with Crippen LogP contribution in [0.5, 0.6) is 0 Å². The predicted octanol–water partition coefficient (Wildman–Crippen LogP) is -2.82. The van der Waals surface area contributed by atoms with Crippen molar-refractivity contribution in [1.29, 1.82) is 0 Å². The zero-order valence-corrected chi connectivity index (χ0v) is 9.38. The van der Waals surface area contributed by atoms with E-state index in [4.69, 9.17) is 21.1 Å². The van der Waals surface area contributed by atoms with Gasteiger partial charge in [-0.15, -0.1) is 0 Å². The lowest BCUT2D eigenvalue weighted by molar-refractivity contribution is -0.193. The van der Waals surface area contributed by atoms with Crippen LogP contribution in [0, 0.1) is 0 Å². The number of nitrogens with one attached hydrogen (secondary N) is 1. The van der Waals surface area contributed by atoms with Crippen LogP contribution in [0.25, 0.3) is 10.4 Å². The van der Waals surface area contributed by atoms with Crippen LogP contribution in [-0.4, -0.2) is 65.0 Å². The summed E-state index contributed by atoms with van der Waals surface area (Å²) >= 11 is 0.